The third-order valence-corrected chi connectivity index (χ3v) is 2.80. The first-order chi connectivity index (χ1) is 8.70. The summed E-state index contributed by atoms with van der Waals surface area (Å²) in [6.07, 6.45) is 0. The Morgan fingerprint density at radius 2 is 1.50 bits per heavy atom. The van der Waals surface area contributed by atoms with Crippen molar-refractivity contribution in [1.82, 2.24) is 0 Å². The van der Waals surface area contributed by atoms with E-state index in [1.165, 1.54) is 6.92 Å². The van der Waals surface area contributed by atoms with Crippen molar-refractivity contribution in [3.05, 3.63) is 0 Å². The van der Waals surface area contributed by atoms with Crippen LogP contribution in [0.4, 0.5) is 0 Å². The molecule has 2 atom stereocenters. The first kappa shape index (κ1) is 19.2. The van der Waals surface area contributed by atoms with Gasteiger partial charge < -0.3 is 4.74 Å². The second-order valence-electron chi connectivity index (χ2n) is 6.89. The monoisotopic (exact) mass is 308 g/mol. The molecule has 0 saturated heterocycles. The molecular formula is C13H24O6S. The van der Waals surface area contributed by atoms with Crippen molar-refractivity contribution in [2.75, 3.05) is 6.61 Å². The van der Waals surface area contributed by atoms with Gasteiger partial charge in [-0.3, -0.25) is 18.3 Å². The molecule has 0 saturated carbocycles. The third kappa shape index (κ3) is 5.68. The van der Waals surface area contributed by atoms with Crippen LogP contribution in [0.15, 0.2) is 0 Å². The second-order valence-corrected chi connectivity index (χ2v) is 7.56. The smallest absolute Gasteiger partial charge is 0.322 e. The molecule has 0 amide bonds. The van der Waals surface area contributed by atoms with Crippen molar-refractivity contribution in [3.63, 3.8) is 0 Å². The predicted molar refractivity (Wildman–Crippen MR) is 75.1 cm³/mol. The fraction of sp³-hybridized carbons (Fsp3) is 0.846. The van der Waals surface area contributed by atoms with Gasteiger partial charge in [-0.1, -0.05) is 20.8 Å². The predicted octanol–water partition coefficient (Wildman–Crippen LogP) is 2.10. The second kappa shape index (κ2) is 6.32. The Hall–Kier alpha value is -0.790. The molecule has 0 radical (unpaired) electrons. The van der Waals surface area contributed by atoms with Gasteiger partial charge in [0.15, 0.2) is 5.78 Å². The van der Waals surface area contributed by atoms with Crippen molar-refractivity contribution in [1.29, 1.82) is 0 Å². The lowest BCUT2D eigenvalue weighted by atomic mass is 9.74. The normalized spacial score (nSPS) is 17.2. The number of hydrogen-bond donors (Lipinski definition) is 1. The highest BCUT2D eigenvalue weighted by Gasteiger charge is 2.49. The Labute approximate surface area is 122 Å². The molecular weight excluding hydrogens is 284 g/mol. The lowest BCUT2D eigenvalue weighted by Crippen LogP contribution is -2.49. The molecule has 0 aliphatic heterocycles. The van der Waals surface area contributed by atoms with Crippen LogP contribution in [0.3, 0.4) is 0 Å². The van der Waals surface area contributed by atoms with Crippen LogP contribution in [-0.4, -0.2) is 32.7 Å². The van der Waals surface area contributed by atoms with Crippen molar-refractivity contribution in [2.45, 2.75) is 54.1 Å². The van der Waals surface area contributed by atoms with Gasteiger partial charge in [0.1, 0.15) is 11.0 Å². The molecule has 0 aromatic heterocycles. The molecule has 20 heavy (non-hydrogen) atoms. The van der Waals surface area contributed by atoms with Gasteiger partial charge in [0.2, 0.25) is 0 Å². The summed E-state index contributed by atoms with van der Waals surface area (Å²) in [5, 5.41) is 0. The summed E-state index contributed by atoms with van der Waals surface area (Å²) in [6.45, 7) is 10.9. The van der Waals surface area contributed by atoms with Crippen molar-refractivity contribution in [3.8, 4) is 0 Å². The summed E-state index contributed by atoms with van der Waals surface area (Å²) in [7, 11) is 0. The lowest BCUT2D eigenvalue weighted by Gasteiger charge is -2.33. The van der Waals surface area contributed by atoms with Crippen molar-refractivity contribution >= 4 is 23.1 Å². The number of carbonyl (C=O) groups excluding carboxylic acids is 2. The van der Waals surface area contributed by atoms with E-state index in [9.17, 15) is 13.8 Å². The van der Waals surface area contributed by atoms with Gasteiger partial charge >= 0.3 is 17.3 Å². The fourth-order valence-electron chi connectivity index (χ4n) is 1.60. The van der Waals surface area contributed by atoms with E-state index in [-0.39, 0.29) is 0 Å². The van der Waals surface area contributed by atoms with E-state index in [1.807, 2.05) is 0 Å². The Morgan fingerprint density at radius 1 is 1.05 bits per heavy atom. The van der Waals surface area contributed by atoms with E-state index in [0.717, 1.165) is 0 Å². The number of ketones is 1. The van der Waals surface area contributed by atoms with Crippen LogP contribution in [0.1, 0.15) is 48.5 Å². The third-order valence-electron chi connectivity index (χ3n) is 2.48. The quantitative estimate of drug-likeness (QED) is 0.475. The summed E-state index contributed by atoms with van der Waals surface area (Å²) >= 11 is -2.56. The molecule has 2 unspecified atom stereocenters. The maximum Gasteiger partial charge on any atom is 0.322 e. The Balaban J connectivity index is 5.41. The zero-order chi connectivity index (χ0) is 16.4. The summed E-state index contributed by atoms with van der Waals surface area (Å²) in [5.74, 6) is -1.18. The van der Waals surface area contributed by atoms with Crippen LogP contribution in [0, 0.1) is 10.8 Å². The van der Waals surface area contributed by atoms with E-state index in [1.54, 1.807) is 41.5 Å². The van der Waals surface area contributed by atoms with Crippen LogP contribution in [0.5, 0.6) is 0 Å². The van der Waals surface area contributed by atoms with Crippen molar-refractivity contribution < 1.29 is 27.3 Å². The molecule has 0 aromatic carbocycles. The number of esters is 1. The first-order valence-electron chi connectivity index (χ1n) is 6.22. The van der Waals surface area contributed by atoms with Gasteiger partial charge in [-0.05, 0) is 27.7 Å². The summed E-state index contributed by atoms with van der Waals surface area (Å²) in [4.78, 5) is 24.7. The summed E-state index contributed by atoms with van der Waals surface area (Å²) < 4.78 is 29.1. The van der Waals surface area contributed by atoms with E-state index >= 15 is 0 Å². The lowest BCUT2D eigenvalue weighted by molar-refractivity contribution is -0.173. The minimum atomic E-state index is -2.56. The van der Waals surface area contributed by atoms with E-state index in [4.69, 9.17) is 9.29 Å². The van der Waals surface area contributed by atoms with Gasteiger partial charge in [-0.25, -0.2) is 0 Å². The number of rotatable bonds is 5. The van der Waals surface area contributed by atoms with E-state index in [2.05, 4.69) is 4.18 Å². The number of hydrogen-bond acceptors (Lipinski definition) is 5. The fourth-order valence-corrected chi connectivity index (χ4v) is 1.94. The summed E-state index contributed by atoms with van der Waals surface area (Å²) in [6, 6.07) is 0. The van der Waals surface area contributed by atoms with Gasteiger partial charge in [0.25, 0.3) is 0 Å². The molecule has 0 aromatic rings. The van der Waals surface area contributed by atoms with Crippen LogP contribution < -0.4 is 0 Å². The molecule has 7 heteroatoms. The zero-order valence-electron chi connectivity index (χ0n) is 13.1. The minimum absolute atomic E-state index is 0.412. The molecule has 0 bridgehead atoms. The number of carbonyl (C=O) groups is 2. The Bertz CT molecular complexity index is 404. The molecule has 0 rings (SSSR count). The van der Waals surface area contributed by atoms with Gasteiger partial charge in [0, 0.05) is 5.41 Å². The average molecular weight is 308 g/mol. The molecule has 0 aliphatic carbocycles. The van der Waals surface area contributed by atoms with Gasteiger partial charge in [0.05, 0.1) is 6.61 Å². The van der Waals surface area contributed by atoms with Crippen LogP contribution >= 0.6 is 0 Å². The maximum atomic E-state index is 12.5. The molecule has 0 aliphatic rings. The topological polar surface area (TPSA) is 89.9 Å². The van der Waals surface area contributed by atoms with Crippen LogP contribution in [-0.2, 0) is 29.9 Å². The Kier molecular flexibility index (Phi) is 6.07. The highest BCUT2D eigenvalue weighted by Crippen LogP contribution is 2.32. The number of Topliss-reactive ketones (excluding diaryl/α,β-unsaturated/α-hetero) is 1. The molecule has 0 spiro atoms. The molecule has 118 valence electrons. The summed E-state index contributed by atoms with van der Waals surface area (Å²) in [5.41, 5.74) is -3.22. The van der Waals surface area contributed by atoms with Gasteiger partial charge in [-0.15, -0.1) is 0 Å². The largest absolute Gasteiger partial charge is 0.459 e. The van der Waals surface area contributed by atoms with Gasteiger partial charge in [-0.2, -0.15) is 4.21 Å². The Morgan fingerprint density at radius 3 is 1.80 bits per heavy atom. The zero-order valence-corrected chi connectivity index (χ0v) is 13.9. The standard InChI is InChI=1S/C13H24O6S/c1-11(2,3)9(14)13(7,8-18-20(16)17)10(15)19-12(4,5)6/h8H2,1-7H3,(H,16,17). The maximum absolute atomic E-state index is 12.5. The molecule has 1 N–H and O–H groups in total. The SMILES string of the molecule is CC(C)(C)OC(=O)C(C)(COS(=O)O)C(=O)C(C)(C)C. The average Bonchev–Trinajstić information content (AvgIpc) is 2.20. The molecule has 0 fully saturated rings. The van der Waals surface area contributed by atoms with E-state index in [0.29, 0.717) is 0 Å². The minimum Gasteiger partial charge on any atom is -0.459 e. The first-order valence-corrected chi connectivity index (χ1v) is 7.26. The highest BCUT2D eigenvalue weighted by atomic mass is 32.2. The molecule has 6 nitrogen and oxygen atoms in total. The van der Waals surface area contributed by atoms with Crippen molar-refractivity contribution in [2.24, 2.45) is 10.8 Å². The van der Waals surface area contributed by atoms with E-state index < -0.39 is 46.2 Å². The van der Waals surface area contributed by atoms with Crippen LogP contribution in [0.25, 0.3) is 0 Å². The number of ether oxygens (including phenoxy) is 1. The highest BCUT2D eigenvalue weighted by molar-refractivity contribution is 7.74. The molecule has 0 heterocycles. The van der Waals surface area contributed by atoms with Crippen LogP contribution in [0.2, 0.25) is 0 Å².